The molecule has 0 saturated heterocycles. The SMILES string of the molecule is C#CC(C)(C)NC(=O)Sc1ccc(OCC(C)C)cc1. The van der Waals surface area contributed by atoms with Gasteiger partial charge in [0.2, 0.25) is 0 Å². The standard InChI is InChI=1S/C16H21NO2S/c1-6-16(4,5)17-15(18)20-14-9-7-13(8-10-14)19-11-12(2)3/h1,7-10,12H,11H2,2-5H3,(H,17,18). The number of benzene rings is 1. The summed E-state index contributed by atoms with van der Waals surface area (Å²) in [6.45, 7) is 8.45. The van der Waals surface area contributed by atoms with Gasteiger partial charge in [-0.3, -0.25) is 4.79 Å². The Labute approximate surface area is 125 Å². The van der Waals surface area contributed by atoms with E-state index < -0.39 is 5.54 Å². The van der Waals surface area contributed by atoms with Gasteiger partial charge in [0.25, 0.3) is 5.24 Å². The van der Waals surface area contributed by atoms with Gasteiger partial charge in [-0.1, -0.05) is 19.8 Å². The average Bonchev–Trinajstić information content (AvgIpc) is 2.37. The smallest absolute Gasteiger partial charge is 0.285 e. The van der Waals surface area contributed by atoms with Crippen LogP contribution >= 0.6 is 11.8 Å². The summed E-state index contributed by atoms with van der Waals surface area (Å²) in [5.41, 5.74) is -0.635. The van der Waals surface area contributed by atoms with Crippen LogP contribution in [-0.2, 0) is 0 Å². The van der Waals surface area contributed by atoms with E-state index in [1.54, 1.807) is 13.8 Å². The van der Waals surface area contributed by atoms with Crippen LogP contribution in [0.2, 0.25) is 0 Å². The Morgan fingerprint density at radius 2 is 2.00 bits per heavy atom. The largest absolute Gasteiger partial charge is 0.493 e. The molecule has 1 rings (SSSR count). The lowest BCUT2D eigenvalue weighted by molar-refractivity contribution is 0.256. The van der Waals surface area contributed by atoms with E-state index in [-0.39, 0.29) is 5.24 Å². The summed E-state index contributed by atoms with van der Waals surface area (Å²) in [4.78, 5) is 12.7. The number of ether oxygens (including phenoxy) is 1. The third-order valence-electron chi connectivity index (χ3n) is 2.39. The quantitative estimate of drug-likeness (QED) is 0.660. The van der Waals surface area contributed by atoms with Gasteiger partial charge in [0.1, 0.15) is 5.75 Å². The Morgan fingerprint density at radius 3 is 2.50 bits per heavy atom. The van der Waals surface area contributed by atoms with E-state index in [2.05, 4.69) is 25.1 Å². The molecule has 0 spiro atoms. The maximum Gasteiger partial charge on any atom is 0.285 e. The molecule has 0 bridgehead atoms. The summed E-state index contributed by atoms with van der Waals surface area (Å²) in [5.74, 6) is 3.83. The van der Waals surface area contributed by atoms with Crippen molar-refractivity contribution in [3.05, 3.63) is 24.3 Å². The summed E-state index contributed by atoms with van der Waals surface area (Å²) < 4.78 is 5.59. The molecule has 0 aliphatic heterocycles. The maximum atomic E-state index is 11.8. The van der Waals surface area contributed by atoms with Crippen LogP contribution in [0.3, 0.4) is 0 Å². The van der Waals surface area contributed by atoms with Gasteiger partial charge >= 0.3 is 0 Å². The summed E-state index contributed by atoms with van der Waals surface area (Å²) >= 11 is 1.12. The number of terminal acetylenes is 1. The zero-order valence-corrected chi connectivity index (χ0v) is 13.2. The molecule has 0 radical (unpaired) electrons. The number of nitrogens with one attached hydrogen (secondary N) is 1. The Bertz CT molecular complexity index is 486. The van der Waals surface area contributed by atoms with Crippen LogP contribution in [0.4, 0.5) is 4.79 Å². The molecule has 0 aliphatic carbocycles. The minimum absolute atomic E-state index is 0.163. The normalized spacial score (nSPS) is 11.0. The van der Waals surface area contributed by atoms with Gasteiger partial charge in [-0.05, 0) is 55.8 Å². The van der Waals surface area contributed by atoms with Crippen molar-refractivity contribution in [2.75, 3.05) is 6.61 Å². The molecule has 0 aromatic heterocycles. The molecule has 0 atom stereocenters. The van der Waals surface area contributed by atoms with E-state index in [4.69, 9.17) is 11.2 Å². The summed E-state index contributed by atoms with van der Waals surface area (Å²) in [5, 5.41) is 2.60. The Kier molecular flexibility index (Phi) is 5.97. The minimum atomic E-state index is -0.635. The van der Waals surface area contributed by atoms with E-state index in [0.717, 1.165) is 22.4 Å². The van der Waals surface area contributed by atoms with Crippen molar-refractivity contribution < 1.29 is 9.53 Å². The molecule has 1 aromatic rings. The number of carbonyl (C=O) groups is 1. The van der Waals surface area contributed by atoms with Gasteiger partial charge in [-0.15, -0.1) is 6.42 Å². The Balaban J connectivity index is 2.53. The third-order valence-corrected chi connectivity index (χ3v) is 3.19. The summed E-state index contributed by atoms with van der Waals surface area (Å²) in [7, 11) is 0. The Morgan fingerprint density at radius 1 is 1.40 bits per heavy atom. The first kappa shape index (κ1) is 16.5. The second kappa shape index (κ2) is 7.25. The number of amides is 1. The highest BCUT2D eigenvalue weighted by Crippen LogP contribution is 2.23. The van der Waals surface area contributed by atoms with E-state index in [9.17, 15) is 4.79 Å². The van der Waals surface area contributed by atoms with Crippen LogP contribution in [-0.4, -0.2) is 17.4 Å². The lowest BCUT2D eigenvalue weighted by Crippen LogP contribution is -2.39. The predicted octanol–water partition coefficient (Wildman–Crippen LogP) is 3.93. The monoisotopic (exact) mass is 291 g/mol. The van der Waals surface area contributed by atoms with E-state index >= 15 is 0 Å². The first-order valence-electron chi connectivity index (χ1n) is 6.53. The van der Waals surface area contributed by atoms with Crippen LogP contribution in [0.15, 0.2) is 29.2 Å². The van der Waals surface area contributed by atoms with Crippen LogP contribution < -0.4 is 10.1 Å². The Hall–Kier alpha value is -1.60. The van der Waals surface area contributed by atoms with Crippen molar-refractivity contribution in [3.8, 4) is 18.1 Å². The van der Waals surface area contributed by atoms with E-state index in [0.29, 0.717) is 12.5 Å². The van der Waals surface area contributed by atoms with E-state index in [1.807, 2.05) is 24.3 Å². The number of carbonyl (C=O) groups excluding carboxylic acids is 1. The molecule has 0 saturated carbocycles. The van der Waals surface area contributed by atoms with Gasteiger partial charge in [0.15, 0.2) is 0 Å². The number of thioether (sulfide) groups is 1. The van der Waals surface area contributed by atoms with Gasteiger partial charge in [0, 0.05) is 4.90 Å². The number of hydrogen-bond donors (Lipinski definition) is 1. The highest BCUT2D eigenvalue weighted by molar-refractivity contribution is 8.13. The molecule has 0 unspecified atom stereocenters. The van der Waals surface area contributed by atoms with Crippen LogP contribution in [0.5, 0.6) is 5.75 Å². The van der Waals surface area contributed by atoms with Crippen molar-refractivity contribution in [3.63, 3.8) is 0 Å². The van der Waals surface area contributed by atoms with Crippen LogP contribution in [0.1, 0.15) is 27.7 Å². The summed E-state index contributed by atoms with van der Waals surface area (Å²) in [6.07, 6.45) is 5.34. The molecule has 0 aliphatic rings. The fourth-order valence-corrected chi connectivity index (χ4v) is 2.08. The van der Waals surface area contributed by atoms with Gasteiger partial charge in [-0.2, -0.15) is 0 Å². The van der Waals surface area contributed by atoms with Crippen LogP contribution in [0, 0.1) is 18.3 Å². The molecule has 0 heterocycles. The lowest BCUT2D eigenvalue weighted by atomic mass is 10.1. The summed E-state index contributed by atoms with van der Waals surface area (Å²) in [6, 6.07) is 7.46. The first-order chi connectivity index (χ1) is 9.32. The second-order valence-electron chi connectivity index (χ2n) is 5.46. The fraction of sp³-hybridized carbons (Fsp3) is 0.438. The molecular weight excluding hydrogens is 270 g/mol. The van der Waals surface area contributed by atoms with Crippen LogP contribution in [0.25, 0.3) is 0 Å². The number of rotatable bonds is 5. The van der Waals surface area contributed by atoms with Gasteiger partial charge in [-0.25, -0.2) is 0 Å². The van der Waals surface area contributed by atoms with Crippen molar-refractivity contribution in [1.82, 2.24) is 5.32 Å². The molecular formula is C16H21NO2S. The van der Waals surface area contributed by atoms with Crippen molar-refractivity contribution in [1.29, 1.82) is 0 Å². The highest BCUT2D eigenvalue weighted by Gasteiger charge is 2.17. The minimum Gasteiger partial charge on any atom is -0.493 e. The van der Waals surface area contributed by atoms with Gasteiger partial charge in [0.05, 0.1) is 12.1 Å². The second-order valence-corrected chi connectivity index (χ2v) is 6.51. The van der Waals surface area contributed by atoms with Gasteiger partial charge < -0.3 is 10.1 Å². The molecule has 1 N–H and O–H groups in total. The molecule has 4 heteroatoms. The number of hydrogen-bond acceptors (Lipinski definition) is 3. The first-order valence-corrected chi connectivity index (χ1v) is 7.34. The molecule has 1 aromatic carbocycles. The van der Waals surface area contributed by atoms with Crippen molar-refractivity contribution in [2.45, 2.75) is 38.1 Å². The molecule has 1 amide bonds. The van der Waals surface area contributed by atoms with E-state index in [1.165, 1.54) is 0 Å². The lowest BCUT2D eigenvalue weighted by Gasteiger charge is -2.18. The third kappa shape index (κ3) is 6.03. The molecule has 3 nitrogen and oxygen atoms in total. The highest BCUT2D eigenvalue weighted by atomic mass is 32.2. The molecule has 20 heavy (non-hydrogen) atoms. The topological polar surface area (TPSA) is 38.3 Å². The molecule has 108 valence electrons. The fourth-order valence-electron chi connectivity index (χ4n) is 1.29. The zero-order valence-electron chi connectivity index (χ0n) is 12.4. The predicted molar refractivity (Wildman–Crippen MR) is 84.1 cm³/mol. The van der Waals surface area contributed by atoms with Crippen molar-refractivity contribution in [2.24, 2.45) is 5.92 Å². The van der Waals surface area contributed by atoms with Crippen molar-refractivity contribution >= 4 is 17.0 Å². The zero-order chi connectivity index (χ0) is 15.2. The maximum absolute atomic E-state index is 11.8. The molecule has 0 fully saturated rings. The average molecular weight is 291 g/mol.